The molecule has 0 bridgehead atoms. The molecule has 19 heavy (non-hydrogen) atoms. The fourth-order valence-electron chi connectivity index (χ4n) is 1.72. The van der Waals surface area contributed by atoms with E-state index in [1.54, 1.807) is 6.20 Å². The van der Waals surface area contributed by atoms with Crippen LogP contribution in [0.4, 0.5) is 11.6 Å². The molecule has 0 atom stereocenters. The smallest absolute Gasteiger partial charge is 0.148 e. The summed E-state index contributed by atoms with van der Waals surface area (Å²) in [5.41, 5.74) is 4.61. The second-order valence-corrected chi connectivity index (χ2v) is 4.17. The van der Waals surface area contributed by atoms with Crippen molar-refractivity contribution in [2.24, 2.45) is 5.84 Å². The first-order chi connectivity index (χ1) is 9.24. The van der Waals surface area contributed by atoms with Crippen molar-refractivity contribution in [1.82, 2.24) is 15.0 Å². The fourth-order valence-corrected chi connectivity index (χ4v) is 1.72. The summed E-state index contributed by atoms with van der Waals surface area (Å²) in [6.07, 6.45) is 4.34. The lowest BCUT2D eigenvalue weighted by Crippen LogP contribution is -2.14. The molecule has 0 unspecified atom stereocenters. The molecule has 0 aliphatic carbocycles. The highest BCUT2D eigenvalue weighted by molar-refractivity contribution is 5.56. The molecule has 0 aromatic carbocycles. The number of rotatable bonds is 5. The summed E-state index contributed by atoms with van der Waals surface area (Å²) >= 11 is 0. The normalized spacial score (nSPS) is 10.3. The van der Waals surface area contributed by atoms with E-state index in [2.05, 4.69) is 25.7 Å². The van der Waals surface area contributed by atoms with Crippen LogP contribution < -0.4 is 16.6 Å². The van der Waals surface area contributed by atoms with Gasteiger partial charge in [-0.05, 0) is 18.6 Å². The Morgan fingerprint density at radius 3 is 2.68 bits per heavy atom. The predicted molar refractivity (Wildman–Crippen MR) is 75.5 cm³/mol. The second-order valence-electron chi connectivity index (χ2n) is 4.17. The maximum absolute atomic E-state index is 5.47. The number of anilines is 2. The lowest BCUT2D eigenvalue weighted by molar-refractivity contribution is 0.920. The first-order valence-electron chi connectivity index (χ1n) is 6.21. The number of nitrogens with two attached hydrogens (primary N) is 1. The maximum Gasteiger partial charge on any atom is 0.148 e. The molecule has 6 heteroatoms. The molecule has 2 aromatic rings. The third kappa shape index (κ3) is 3.17. The van der Waals surface area contributed by atoms with E-state index in [0.29, 0.717) is 12.4 Å². The van der Waals surface area contributed by atoms with Crippen molar-refractivity contribution in [2.75, 3.05) is 10.7 Å². The van der Waals surface area contributed by atoms with Gasteiger partial charge in [0.15, 0.2) is 0 Å². The molecule has 0 aliphatic heterocycles. The molecule has 2 rings (SSSR count). The standard InChI is InChI=1S/C13H18N6/c1-3-11-17-12(9(2)13(18-11)19-14)16-8-10-5-4-6-15-7-10/h4-7H,3,8,14H2,1-2H3,(H2,16,17,18,19). The van der Waals surface area contributed by atoms with Gasteiger partial charge in [0, 0.05) is 30.9 Å². The zero-order valence-electron chi connectivity index (χ0n) is 11.1. The van der Waals surface area contributed by atoms with Crippen LogP contribution in [0.25, 0.3) is 0 Å². The van der Waals surface area contributed by atoms with E-state index in [4.69, 9.17) is 5.84 Å². The molecule has 4 N–H and O–H groups in total. The monoisotopic (exact) mass is 258 g/mol. The molecule has 6 nitrogen and oxygen atoms in total. The summed E-state index contributed by atoms with van der Waals surface area (Å²) < 4.78 is 0. The van der Waals surface area contributed by atoms with Gasteiger partial charge in [0.25, 0.3) is 0 Å². The number of hydrogen-bond donors (Lipinski definition) is 3. The van der Waals surface area contributed by atoms with Gasteiger partial charge in [-0.25, -0.2) is 15.8 Å². The Morgan fingerprint density at radius 2 is 2.05 bits per heavy atom. The van der Waals surface area contributed by atoms with Crippen molar-refractivity contribution < 1.29 is 0 Å². The average Bonchev–Trinajstić information content (AvgIpc) is 2.47. The van der Waals surface area contributed by atoms with E-state index < -0.39 is 0 Å². The van der Waals surface area contributed by atoms with E-state index >= 15 is 0 Å². The van der Waals surface area contributed by atoms with E-state index in [-0.39, 0.29) is 0 Å². The van der Waals surface area contributed by atoms with Crippen LogP contribution in [0.3, 0.4) is 0 Å². The van der Waals surface area contributed by atoms with Gasteiger partial charge < -0.3 is 10.7 Å². The van der Waals surface area contributed by atoms with E-state index in [0.717, 1.165) is 29.2 Å². The van der Waals surface area contributed by atoms with Crippen molar-refractivity contribution in [3.63, 3.8) is 0 Å². The quantitative estimate of drug-likeness (QED) is 0.558. The van der Waals surface area contributed by atoms with Crippen LogP contribution in [0, 0.1) is 6.92 Å². The molecule has 0 aliphatic rings. The van der Waals surface area contributed by atoms with Crippen LogP contribution in [0.5, 0.6) is 0 Å². The largest absolute Gasteiger partial charge is 0.366 e. The lowest BCUT2D eigenvalue weighted by atomic mass is 10.2. The molecule has 100 valence electrons. The molecule has 0 amide bonds. The van der Waals surface area contributed by atoms with Gasteiger partial charge in [-0.3, -0.25) is 4.98 Å². The zero-order valence-corrected chi connectivity index (χ0v) is 11.1. The van der Waals surface area contributed by atoms with Gasteiger partial charge >= 0.3 is 0 Å². The van der Waals surface area contributed by atoms with Crippen molar-refractivity contribution >= 4 is 11.6 Å². The summed E-state index contributed by atoms with van der Waals surface area (Å²) in [6, 6.07) is 3.92. The Labute approximate surface area is 112 Å². The lowest BCUT2D eigenvalue weighted by Gasteiger charge is -2.13. The van der Waals surface area contributed by atoms with Crippen LogP contribution in [0.15, 0.2) is 24.5 Å². The number of hydrazine groups is 1. The van der Waals surface area contributed by atoms with Gasteiger partial charge in [0.1, 0.15) is 17.5 Å². The Morgan fingerprint density at radius 1 is 1.26 bits per heavy atom. The van der Waals surface area contributed by atoms with E-state index in [1.165, 1.54) is 0 Å². The van der Waals surface area contributed by atoms with Gasteiger partial charge in [-0.2, -0.15) is 0 Å². The molecule has 0 saturated carbocycles. The number of nitrogens with one attached hydrogen (secondary N) is 2. The van der Waals surface area contributed by atoms with Gasteiger partial charge in [0.2, 0.25) is 0 Å². The summed E-state index contributed by atoms with van der Waals surface area (Å²) in [4.78, 5) is 12.9. The predicted octanol–water partition coefficient (Wildman–Crippen LogP) is 1.64. The number of nitrogens with zero attached hydrogens (tertiary/aromatic N) is 3. The van der Waals surface area contributed by atoms with Crippen LogP contribution in [0.2, 0.25) is 0 Å². The van der Waals surface area contributed by atoms with Gasteiger partial charge in [0.05, 0.1) is 0 Å². The van der Waals surface area contributed by atoms with E-state index in [1.807, 2.05) is 32.2 Å². The molecular formula is C13H18N6. The molecular weight excluding hydrogens is 240 g/mol. The average molecular weight is 258 g/mol. The Hall–Kier alpha value is -2.21. The Balaban J connectivity index is 2.19. The summed E-state index contributed by atoms with van der Waals surface area (Å²) in [7, 11) is 0. The van der Waals surface area contributed by atoms with Crippen LogP contribution in [0.1, 0.15) is 23.9 Å². The third-order valence-corrected chi connectivity index (χ3v) is 2.83. The van der Waals surface area contributed by atoms with Gasteiger partial charge in [-0.1, -0.05) is 13.0 Å². The Kier molecular flexibility index (Phi) is 4.25. The second kappa shape index (κ2) is 6.10. The number of aryl methyl sites for hydroxylation is 1. The SMILES string of the molecule is CCc1nc(NN)c(C)c(NCc2cccnc2)n1. The summed E-state index contributed by atoms with van der Waals surface area (Å²) in [5, 5.41) is 3.29. The highest BCUT2D eigenvalue weighted by Crippen LogP contribution is 2.19. The molecule has 2 heterocycles. The molecule has 2 aromatic heterocycles. The minimum Gasteiger partial charge on any atom is -0.366 e. The molecule has 0 fully saturated rings. The fraction of sp³-hybridized carbons (Fsp3) is 0.308. The molecule has 0 radical (unpaired) electrons. The minimum absolute atomic E-state index is 0.653. The van der Waals surface area contributed by atoms with E-state index in [9.17, 15) is 0 Å². The van der Waals surface area contributed by atoms with Crippen molar-refractivity contribution in [3.05, 3.63) is 41.5 Å². The topological polar surface area (TPSA) is 88.8 Å². The number of pyridine rings is 1. The van der Waals surface area contributed by atoms with Crippen LogP contribution in [-0.4, -0.2) is 15.0 Å². The first-order valence-corrected chi connectivity index (χ1v) is 6.21. The first kappa shape index (κ1) is 13.2. The molecule has 0 spiro atoms. The van der Waals surface area contributed by atoms with Crippen molar-refractivity contribution in [3.8, 4) is 0 Å². The third-order valence-electron chi connectivity index (χ3n) is 2.83. The Bertz CT molecular complexity index is 540. The maximum atomic E-state index is 5.47. The van der Waals surface area contributed by atoms with Crippen molar-refractivity contribution in [2.45, 2.75) is 26.8 Å². The highest BCUT2D eigenvalue weighted by atomic mass is 15.3. The summed E-state index contributed by atoms with van der Waals surface area (Å²) in [6.45, 7) is 4.61. The van der Waals surface area contributed by atoms with Crippen molar-refractivity contribution in [1.29, 1.82) is 0 Å². The van der Waals surface area contributed by atoms with Crippen LogP contribution >= 0.6 is 0 Å². The number of hydrogen-bond acceptors (Lipinski definition) is 6. The van der Waals surface area contributed by atoms with Gasteiger partial charge in [-0.15, -0.1) is 0 Å². The highest BCUT2D eigenvalue weighted by Gasteiger charge is 2.09. The minimum atomic E-state index is 0.653. The zero-order chi connectivity index (χ0) is 13.7. The molecule has 0 saturated heterocycles. The van der Waals surface area contributed by atoms with Crippen LogP contribution in [-0.2, 0) is 13.0 Å². The number of nitrogen functional groups attached to an aromatic ring is 1. The summed E-state index contributed by atoms with van der Waals surface area (Å²) in [5.74, 6) is 7.68. The number of aromatic nitrogens is 3.